The Hall–Kier alpha value is -4.80. The van der Waals surface area contributed by atoms with Gasteiger partial charge in [0, 0.05) is 39.4 Å². The summed E-state index contributed by atoms with van der Waals surface area (Å²) in [6, 6.07) is 16.4. The van der Waals surface area contributed by atoms with Gasteiger partial charge < -0.3 is 19.1 Å². The third kappa shape index (κ3) is 5.94. The van der Waals surface area contributed by atoms with Gasteiger partial charge in [0.1, 0.15) is 35.3 Å². The number of halogens is 1. The molecule has 0 aliphatic carbocycles. The molecule has 2 aromatic carbocycles. The molecule has 0 fully saturated rings. The van der Waals surface area contributed by atoms with Crippen LogP contribution in [0, 0.1) is 5.82 Å². The summed E-state index contributed by atoms with van der Waals surface area (Å²) in [5.74, 6) is 0.603. The predicted octanol–water partition coefficient (Wildman–Crippen LogP) is 7.84. The molecule has 8 nitrogen and oxygen atoms in total. The molecule has 10 heteroatoms. The van der Waals surface area contributed by atoms with E-state index in [1.54, 1.807) is 22.3 Å². The second kappa shape index (κ2) is 13.1. The number of carbonyl (C=O) groups excluding carboxylic acids is 1. The standard InChI is InChI=1S/C37H35FN4O4S/c1-4-33(43)41-15-16-42-30(24(41)3)22-29(40-42)36-34-26-13-12-25(38)21-32(26)46-19-18-44-23(2)9-7-8-17-45-31-11-6-5-10-27(31)35(39-36)28-14-20-47-37(28)34/h4-7,9-14,20-24H,1,8,15-19H2,2-3H3/b9-7+/t23?,24-/m1/s1. The minimum atomic E-state index is -0.402. The Labute approximate surface area is 276 Å². The summed E-state index contributed by atoms with van der Waals surface area (Å²) >= 11 is 1.58. The molecular weight excluding hydrogens is 615 g/mol. The van der Waals surface area contributed by atoms with Crippen LogP contribution in [0.5, 0.6) is 11.5 Å². The molecule has 2 bridgehead atoms. The molecule has 0 N–H and O–H groups in total. The normalized spacial score (nSPS) is 19.0. The molecule has 0 saturated heterocycles. The van der Waals surface area contributed by atoms with Crippen LogP contribution < -0.4 is 9.47 Å². The number of thiophene rings is 1. The number of benzene rings is 2. The van der Waals surface area contributed by atoms with E-state index in [-0.39, 0.29) is 24.7 Å². The second-order valence-corrected chi connectivity index (χ2v) is 12.5. The molecule has 2 atom stereocenters. The first kappa shape index (κ1) is 30.8. The Morgan fingerprint density at radius 3 is 2.72 bits per heavy atom. The lowest BCUT2D eigenvalue weighted by Crippen LogP contribution is -2.40. The number of hydrogen-bond acceptors (Lipinski definition) is 7. The molecule has 1 unspecified atom stereocenters. The van der Waals surface area contributed by atoms with E-state index in [2.05, 4.69) is 18.7 Å². The lowest BCUT2D eigenvalue weighted by Gasteiger charge is -2.33. The van der Waals surface area contributed by atoms with Crippen molar-refractivity contribution in [2.45, 2.75) is 39.0 Å². The number of hydrogen-bond donors (Lipinski definition) is 0. The van der Waals surface area contributed by atoms with Gasteiger partial charge in [0.25, 0.3) is 0 Å². The Morgan fingerprint density at radius 1 is 1.00 bits per heavy atom. The van der Waals surface area contributed by atoms with Gasteiger partial charge in [-0.25, -0.2) is 9.37 Å². The summed E-state index contributed by atoms with van der Waals surface area (Å²) in [6.07, 6.45) is 6.00. The highest BCUT2D eigenvalue weighted by Gasteiger charge is 2.31. The van der Waals surface area contributed by atoms with E-state index in [4.69, 9.17) is 24.3 Å². The van der Waals surface area contributed by atoms with Crippen LogP contribution in [0.15, 0.2) is 84.8 Å². The van der Waals surface area contributed by atoms with E-state index in [1.165, 1.54) is 18.2 Å². The monoisotopic (exact) mass is 650 g/mol. The molecule has 2 aliphatic heterocycles. The Bertz CT molecular complexity index is 2000. The molecule has 1 amide bonds. The largest absolute Gasteiger partial charge is 0.493 e. The minimum absolute atomic E-state index is 0.114. The van der Waals surface area contributed by atoms with Gasteiger partial charge >= 0.3 is 0 Å². The molecule has 5 aromatic rings. The van der Waals surface area contributed by atoms with Gasteiger partial charge in [-0.3, -0.25) is 9.48 Å². The average Bonchev–Trinajstić information content (AvgIpc) is 3.75. The van der Waals surface area contributed by atoms with E-state index < -0.39 is 5.82 Å². The Kier molecular flexibility index (Phi) is 8.62. The van der Waals surface area contributed by atoms with Gasteiger partial charge in [0.15, 0.2) is 0 Å². The highest BCUT2D eigenvalue weighted by Crippen LogP contribution is 2.47. The van der Waals surface area contributed by atoms with Crippen molar-refractivity contribution < 1.29 is 23.4 Å². The third-order valence-electron chi connectivity index (χ3n) is 8.59. The molecule has 47 heavy (non-hydrogen) atoms. The first-order chi connectivity index (χ1) is 22.9. The van der Waals surface area contributed by atoms with E-state index >= 15 is 0 Å². The predicted molar refractivity (Wildman–Crippen MR) is 182 cm³/mol. The van der Waals surface area contributed by atoms with Crippen LogP contribution in [-0.2, 0) is 16.1 Å². The van der Waals surface area contributed by atoms with Gasteiger partial charge in [-0.1, -0.05) is 30.9 Å². The summed E-state index contributed by atoms with van der Waals surface area (Å²) < 4.78 is 36.2. The highest BCUT2D eigenvalue weighted by molar-refractivity contribution is 7.18. The highest BCUT2D eigenvalue weighted by atomic mass is 32.1. The van der Waals surface area contributed by atoms with Gasteiger partial charge in [0.2, 0.25) is 5.91 Å². The Morgan fingerprint density at radius 2 is 1.85 bits per heavy atom. The van der Waals surface area contributed by atoms with E-state index in [0.717, 1.165) is 38.4 Å². The van der Waals surface area contributed by atoms with Gasteiger partial charge in [-0.05, 0) is 68.1 Å². The third-order valence-corrected chi connectivity index (χ3v) is 9.53. The molecule has 0 saturated carbocycles. The number of pyridine rings is 1. The Balaban J connectivity index is 1.47. The minimum Gasteiger partial charge on any atom is -0.493 e. The number of carbonyl (C=O) groups is 1. The maximum atomic E-state index is 14.8. The fourth-order valence-electron chi connectivity index (χ4n) is 6.28. The number of nitrogens with zero attached hydrogens (tertiary/aromatic N) is 4. The summed E-state index contributed by atoms with van der Waals surface area (Å²) in [4.78, 5) is 19.8. The topological polar surface area (TPSA) is 78.7 Å². The van der Waals surface area contributed by atoms with Gasteiger partial charge in [-0.2, -0.15) is 5.10 Å². The number of fused-ring (bicyclic) bond motifs is 5. The quantitative estimate of drug-likeness (QED) is 0.143. The van der Waals surface area contributed by atoms with E-state index in [0.29, 0.717) is 55.4 Å². The van der Waals surface area contributed by atoms with Crippen molar-refractivity contribution in [1.29, 1.82) is 0 Å². The van der Waals surface area contributed by atoms with Crippen LogP contribution >= 0.6 is 11.3 Å². The summed E-state index contributed by atoms with van der Waals surface area (Å²) in [5, 5.41) is 8.03. The van der Waals surface area contributed by atoms with Crippen molar-refractivity contribution in [3.05, 3.63) is 96.3 Å². The molecule has 3 aromatic heterocycles. The van der Waals surface area contributed by atoms with Gasteiger partial charge in [-0.15, -0.1) is 11.3 Å². The fourth-order valence-corrected chi connectivity index (χ4v) is 7.23. The zero-order chi connectivity index (χ0) is 32.5. The summed E-state index contributed by atoms with van der Waals surface area (Å²) in [7, 11) is 0. The van der Waals surface area contributed by atoms with Crippen molar-refractivity contribution in [2.24, 2.45) is 0 Å². The molecule has 0 radical (unpaired) electrons. The van der Waals surface area contributed by atoms with Crippen LogP contribution in [0.4, 0.5) is 4.39 Å². The zero-order valence-corrected chi connectivity index (χ0v) is 27.1. The summed E-state index contributed by atoms with van der Waals surface area (Å²) in [5.41, 5.74) is 5.31. The lowest BCUT2D eigenvalue weighted by atomic mass is 9.96. The number of rotatable bonds is 2. The number of para-hydroxylation sites is 1. The molecule has 2 aliphatic rings. The summed E-state index contributed by atoms with van der Waals surface area (Å²) in [6.45, 7) is 9.77. The van der Waals surface area contributed by atoms with Crippen molar-refractivity contribution in [3.63, 3.8) is 0 Å². The average molecular weight is 651 g/mol. The van der Waals surface area contributed by atoms with Crippen molar-refractivity contribution in [1.82, 2.24) is 19.7 Å². The van der Waals surface area contributed by atoms with Gasteiger partial charge in [0.05, 0.1) is 43.3 Å². The van der Waals surface area contributed by atoms with Crippen LogP contribution in [-0.4, -0.2) is 58.0 Å². The van der Waals surface area contributed by atoms with Crippen LogP contribution in [0.3, 0.4) is 0 Å². The lowest BCUT2D eigenvalue weighted by molar-refractivity contribution is -0.129. The van der Waals surface area contributed by atoms with Crippen molar-refractivity contribution in [2.75, 3.05) is 26.4 Å². The first-order valence-electron chi connectivity index (χ1n) is 15.8. The molecule has 240 valence electrons. The van der Waals surface area contributed by atoms with E-state index in [9.17, 15) is 9.18 Å². The maximum absolute atomic E-state index is 14.8. The second-order valence-electron chi connectivity index (χ2n) is 11.6. The molecule has 0 spiro atoms. The molecule has 7 rings (SSSR count). The van der Waals surface area contributed by atoms with Crippen LogP contribution in [0.25, 0.3) is 43.9 Å². The SMILES string of the molecule is C=CC(=O)N1CCn2nc(-c3nc4c5ccsc5c3-c3ccc(F)cc3OCCOC(C)/C=C/CCOc3ccccc3-4)cc2[C@H]1C. The number of aromatic nitrogens is 3. The smallest absolute Gasteiger partial charge is 0.246 e. The molecule has 5 heterocycles. The van der Waals surface area contributed by atoms with Crippen molar-refractivity contribution in [3.8, 4) is 45.3 Å². The number of ether oxygens (including phenoxy) is 3. The van der Waals surface area contributed by atoms with Crippen LogP contribution in [0.2, 0.25) is 0 Å². The fraction of sp³-hybridized carbons (Fsp3) is 0.270. The van der Waals surface area contributed by atoms with Crippen LogP contribution in [0.1, 0.15) is 32.0 Å². The maximum Gasteiger partial charge on any atom is 0.246 e. The van der Waals surface area contributed by atoms with E-state index in [1.807, 2.05) is 60.3 Å². The first-order valence-corrected chi connectivity index (χ1v) is 16.7. The number of amides is 1. The molecular formula is C37H35FN4O4S. The zero-order valence-electron chi connectivity index (χ0n) is 26.3. The van der Waals surface area contributed by atoms with Crippen molar-refractivity contribution >= 4 is 27.3 Å².